The minimum atomic E-state index is -0.289. The van der Waals surface area contributed by atoms with Crippen molar-refractivity contribution in [2.45, 2.75) is 18.9 Å². The van der Waals surface area contributed by atoms with Gasteiger partial charge in [-0.25, -0.2) is 9.37 Å². The van der Waals surface area contributed by atoms with E-state index in [2.05, 4.69) is 35.5 Å². The molecule has 0 saturated carbocycles. The van der Waals surface area contributed by atoms with Crippen LogP contribution in [0.2, 0.25) is 0 Å². The van der Waals surface area contributed by atoms with Gasteiger partial charge in [0, 0.05) is 28.9 Å². The average Bonchev–Trinajstić information content (AvgIpc) is 3.58. The largest absolute Gasteiger partial charge is 0.489 e. The van der Waals surface area contributed by atoms with Crippen molar-refractivity contribution in [3.8, 4) is 39.7 Å². The van der Waals surface area contributed by atoms with Crippen LogP contribution < -0.4 is 10.1 Å². The van der Waals surface area contributed by atoms with Crippen LogP contribution in [0.15, 0.2) is 67.4 Å². The molecule has 0 unspecified atom stereocenters. The molecule has 9 nitrogen and oxygen atoms in total. The Kier molecular flexibility index (Phi) is 5.51. The topological polar surface area (TPSA) is 117 Å². The third-order valence-electron chi connectivity index (χ3n) is 6.82. The molecule has 6 heterocycles. The van der Waals surface area contributed by atoms with E-state index in [0.717, 1.165) is 76.0 Å². The van der Waals surface area contributed by atoms with Gasteiger partial charge in [-0.3, -0.25) is 20.1 Å². The number of H-pyrrole nitrogens is 2. The minimum absolute atomic E-state index is 0.187. The molecule has 3 N–H and O–H groups in total. The van der Waals surface area contributed by atoms with Gasteiger partial charge in [-0.05, 0) is 55.8 Å². The first-order valence-electron chi connectivity index (χ1n) is 12.5. The van der Waals surface area contributed by atoms with Crippen LogP contribution in [0.25, 0.3) is 55.8 Å². The summed E-state index contributed by atoms with van der Waals surface area (Å²) in [6.45, 7) is 1.92. The Balaban J connectivity index is 1.25. The highest BCUT2D eigenvalue weighted by atomic mass is 19.1. The zero-order chi connectivity index (χ0) is 25.5. The van der Waals surface area contributed by atoms with Crippen molar-refractivity contribution in [2.75, 3.05) is 13.1 Å². The SMILES string of the molecule is Fc1ccc(-c2cncc3[nH]c(-c4n[nH]c5cnc(-c6cncc(OC7CCNCC7)c6)cc45)nc23)cc1. The van der Waals surface area contributed by atoms with Crippen molar-refractivity contribution in [3.63, 3.8) is 0 Å². The molecule has 0 amide bonds. The molecule has 1 aliphatic heterocycles. The molecule has 5 aromatic heterocycles. The van der Waals surface area contributed by atoms with E-state index in [0.29, 0.717) is 11.5 Å². The fourth-order valence-electron chi connectivity index (χ4n) is 4.87. The zero-order valence-corrected chi connectivity index (χ0v) is 20.3. The number of nitrogens with one attached hydrogen (secondary N) is 3. The molecular formula is C28H23FN8O. The van der Waals surface area contributed by atoms with Gasteiger partial charge in [0.05, 0.1) is 40.8 Å². The van der Waals surface area contributed by atoms with E-state index < -0.39 is 0 Å². The van der Waals surface area contributed by atoms with Gasteiger partial charge in [0.15, 0.2) is 5.82 Å². The van der Waals surface area contributed by atoms with E-state index in [9.17, 15) is 4.39 Å². The van der Waals surface area contributed by atoms with E-state index >= 15 is 0 Å². The van der Waals surface area contributed by atoms with Crippen molar-refractivity contribution in [1.82, 2.24) is 40.4 Å². The van der Waals surface area contributed by atoms with Crippen LogP contribution in [0, 0.1) is 5.82 Å². The molecule has 0 bridgehead atoms. The highest BCUT2D eigenvalue weighted by molar-refractivity contribution is 5.97. The number of aromatic nitrogens is 7. The number of nitrogens with zero attached hydrogens (tertiary/aromatic N) is 5. The molecular weight excluding hydrogens is 483 g/mol. The van der Waals surface area contributed by atoms with Crippen LogP contribution in [0.3, 0.4) is 0 Å². The molecule has 1 saturated heterocycles. The molecule has 7 rings (SSSR count). The van der Waals surface area contributed by atoms with Crippen LogP contribution in [-0.2, 0) is 0 Å². The Morgan fingerprint density at radius 1 is 0.868 bits per heavy atom. The number of hydrogen-bond acceptors (Lipinski definition) is 7. The number of imidazole rings is 1. The van der Waals surface area contributed by atoms with Crippen LogP contribution in [0.4, 0.5) is 4.39 Å². The maximum Gasteiger partial charge on any atom is 0.159 e. The second-order valence-corrected chi connectivity index (χ2v) is 9.34. The van der Waals surface area contributed by atoms with Gasteiger partial charge < -0.3 is 15.0 Å². The van der Waals surface area contributed by atoms with E-state index in [1.54, 1.807) is 43.1 Å². The van der Waals surface area contributed by atoms with Gasteiger partial charge in [-0.15, -0.1) is 0 Å². The summed E-state index contributed by atoms with van der Waals surface area (Å²) >= 11 is 0. The van der Waals surface area contributed by atoms with Crippen LogP contribution >= 0.6 is 0 Å². The first kappa shape index (κ1) is 22.5. The van der Waals surface area contributed by atoms with Gasteiger partial charge in [-0.1, -0.05) is 12.1 Å². The maximum atomic E-state index is 13.5. The second kappa shape index (κ2) is 9.31. The van der Waals surface area contributed by atoms with Gasteiger partial charge in [-0.2, -0.15) is 5.10 Å². The summed E-state index contributed by atoms with van der Waals surface area (Å²) < 4.78 is 19.7. The van der Waals surface area contributed by atoms with Crippen molar-refractivity contribution in [3.05, 3.63) is 73.2 Å². The number of benzene rings is 1. The molecule has 0 radical (unpaired) electrons. The highest BCUT2D eigenvalue weighted by Crippen LogP contribution is 2.32. The third-order valence-corrected chi connectivity index (χ3v) is 6.82. The van der Waals surface area contributed by atoms with E-state index in [-0.39, 0.29) is 11.9 Å². The standard InChI is InChI=1S/C28H23FN8O/c29-18-3-1-16(2-4-18)22-13-32-14-25-26(22)35-28(34-25)27-21-10-23(33-15-24(21)36-37-27)17-9-20(12-31-11-17)38-19-5-7-30-8-6-19/h1-4,9-15,19,30H,5-8H2,(H,34,35)(H,36,37). The second-order valence-electron chi connectivity index (χ2n) is 9.34. The summed E-state index contributed by atoms with van der Waals surface area (Å²) in [7, 11) is 0. The van der Waals surface area contributed by atoms with Crippen LogP contribution in [-0.4, -0.2) is 54.3 Å². The summed E-state index contributed by atoms with van der Waals surface area (Å²) in [5.74, 6) is 1.05. The molecule has 1 aliphatic rings. The van der Waals surface area contributed by atoms with Crippen molar-refractivity contribution in [2.24, 2.45) is 0 Å². The van der Waals surface area contributed by atoms with Gasteiger partial charge in [0.2, 0.25) is 0 Å². The lowest BCUT2D eigenvalue weighted by atomic mass is 10.1. The smallest absolute Gasteiger partial charge is 0.159 e. The molecule has 1 fully saturated rings. The molecule has 0 atom stereocenters. The molecule has 6 aromatic rings. The molecule has 38 heavy (non-hydrogen) atoms. The quantitative estimate of drug-likeness (QED) is 0.305. The number of ether oxygens (including phenoxy) is 1. The number of fused-ring (bicyclic) bond motifs is 2. The first-order chi connectivity index (χ1) is 18.7. The normalized spacial score (nSPS) is 14.3. The minimum Gasteiger partial charge on any atom is -0.489 e. The van der Waals surface area contributed by atoms with E-state index in [1.165, 1.54) is 12.1 Å². The Morgan fingerprint density at radius 3 is 2.58 bits per heavy atom. The lowest BCUT2D eigenvalue weighted by Gasteiger charge is -2.23. The number of pyridine rings is 3. The fraction of sp³-hybridized carbons (Fsp3) is 0.179. The maximum absolute atomic E-state index is 13.5. The fourth-order valence-corrected chi connectivity index (χ4v) is 4.87. The summed E-state index contributed by atoms with van der Waals surface area (Å²) in [5, 5.41) is 11.8. The predicted octanol–water partition coefficient (Wildman–Crippen LogP) is 4.90. The first-order valence-corrected chi connectivity index (χ1v) is 12.5. The number of piperidine rings is 1. The van der Waals surface area contributed by atoms with E-state index in [1.807, 2.05) is 12.1 Å². The van der Waals surface area contributed by atoms with Crippen molar-refractivity contribution in [1.29, 1.82) is 0 Å². The van der Waals surface area contributed by atoms with Crippen molar-refractivity contribution < 1.29 is 9.13 Å². The highest BCUT2D eigenvalue weighted by Gasteiger charge is 2.18. The van der Waals surface area contributed by atoms with Gasteiger partial charge >= 0.3 is 0 Å². The Bertz CT molecular complexity index is 1750. The predicted molar refractivity (Wildman–Crippen MR) is 142 cm³/mol. The summed E-state index contributed by atoms with van der Waals surface area (Å²) in [6, 6.07) is 10.3. The van der Waals surface area contributed by atoms with Crippen molar-refractivity contribution >= 4 is 21.9 Å². The van der Waals surface area contributed by atoms with Crippen LogP contribution in [0.1, 0.15) is 12.8 Å². The monoisotopic (exact) mass is 506 g/mol. The Hall–Kier alpha value is -4.70. The Morgan fingerprint density at radius 2 is 1.71 bits per heavy atom. The molecule has 0 aliphatic carbocycles. The molecule has 0 spiro atoms. The summed E-state index contributed by atoms with van der Waals surface area (Å²) in [4.78, 5) is 21.6. The average molecular weight is 507 g/mol. The lowest BCUT2D eigenvalue weighted by molar-refractivity contribution is 0.162. The molecule has 10 heteroatoms. The van der Waals surface area contributed by atoms with Crippen LogP contribution in [0.5, 0.6) is 5.75 Å². The zero-order valence-electron chi connectivity index (χ0n) is 20.3. The Labute approximate surface area is 216 Å². The number of rotatable bonds is 5. The number of halogens is 1. The number of aromatic amines is 2. The van der Waals surface area contributed by atoms with Gasteiger partial charge in [0.1, 0.15) is 23.4 Å². The number of hydrogen-bond donors (Lipinski definition) is 3. The lowest BCUT2D eigenvalue weighted by Crippen LogP contribution is -2.34. The summed E-state index contributed by atoms with van der Waals surface area (Å²) in [6.07, 6.45) is 10.9. The summed E-state index contributed by atoms with van der Waals surface area (Å²) in [5.41, 5.74) is 6.21. The molecule has 188 valence electrons. The third kappa shape index (κ3) is 4.14. The molecule has 1 aromatic carbocycles. The van der Waals surface area contributed by atoms with Gasteiger partial charge in [0.25, 0.3) is 0 Å². The van der Waals surface area contributed by atoms with E-state index in [4.69, 9.17) is 9.72 Å².